The summed E-state index contributed by atoms with van der Waals surface area (Å²) >= 11 is 0. The van der Waals surface area contributed by atoms with Crippen molar-refractivity contribution in [2.24, 2.45) is 0 Å². The maximum atomic E-state index is 13.4. The van der Waals surface area contributed by atoms with E-state index in [-0.39, 0.29) is 23.3 Å². The van der Waals surface area contributed by atoms with Gasteiger partial charge in [0, 0.05) is 64.0 Å². The first-order valence-electron chi connectivity index (χ1n) is 14.9. The fraction of sp³-hybridized carbons (Fsp3) is 0.485. The molecule has 1 saturated heterocycles. The number of rotatable bonds is 14. The molecule has 3 N–H and O–H groups in total. The Morgan fingerprint density at radius 3 is 2.36 bits per heavy atom. The second-order valence-electron chi connectivity index (χ2n) is 11.2. The molecule has 0 saturated carbocycles. The lowest BCUT2D eigenvalue weighted by atomic mass is 9.97. The van der Waals surface area contributed by atoms with Crippen LogP contribution in [-0.2, 0) is 22.6 Å². The minimum atomic E-state index is -0.175. The number of phenolic OH excluding ortho intramolecular Hbond substituents is 2. The Labute approximate surface area is 249 Å². The number of hydrogen-bond acceptors (Lipinski definition) is 7. The van der Waals surface area contributed by atoms with E-state index in [2.05, 4.69) is 39.4 Å². The zero-order chi connectivity index (χ0) is 30.1. The number of hydrogen-bond donors (Lipinski definition) is 3. The number of morpholine rings is 1. The lowest BCUT2D eigenvalue weighted by molar-refractivity contribution is 0.0342. The van der Waals surface area contributed by atoms with E-state index in [9.17, 15) is 15.0 Å². The molecule has 1 amide bonds. The van der Waals surface area contributed by atoms with Gasteiger partial charge < -0.3 is 34.5 Å². The molecule has 0 unspecified atom stereocenters. The van der Waals surface area contributed by atoms with Crippen LogP contribution in [0, 0.1) is 0 Å². The zero-order valence-corrected chi connectivity index (χ0v) is 25.4. The molecule has 9 nitrogen and oxygen atoms in total. The molecule has 3 aromatic rings. The summed E-state index contributed by atoms with van der Waals surface area (Å²) in [6.07, 6.45) is 0. The molecule has 0 bridgehead atoms. The van der Waals surface area contributed by atoms with E-state index in [1.807, 2.05) is 44.5 Å². The molecule has 0 spiro atoms. The first kappa shape index (κ1) is 31.6. The molecule has 0 aliphatic carbocycles. The number of amides is 1. The number of likely N-dealkylation sites (N-methyl/N-ethyl adjacent to an activating group) is 1. The van der Waals surface area contributed by atoms with Gasteiger partial charge in [-0.1, -0.05) is 38.1 Å². The summed E-state index contributed by atoms with van der Waals surface area (Å²) < 4.78 is 12.8. The largest absolute Gasteiger partial charge is 0.508 e. The molecule has 1 aliphatic rings. The van der Waals surface area contributed by atoms with Gasteiger partial charge in [0.25, 0.3) is 5.91 Å². The Bertz CT molecular complexity index is 1300. The first-order chi connectivity index (χ1) is 20.3. The predicted molar refractivity (Wildman–Crippen MR) is 165 cm³/mol. The van der Waals surface area contributed by atoms with Crippen LogP contribution in [0.1, 0.15) is 53.9 Å². The molecule has 1 fully saturated rings. The molecule has 42 heavy (non-hydrogen) atoms. The molecule has 9 heteroatoms. The van der Waals surface area contributed by atoms with Gasteiger partial charge in [0.05, 0.1) is 25.5 Å². The van der Waals surface area contributed by atoms with Gasteiger partial charge in [0.2, 0.25) is 0 Å². The molecule has 1 aromatic heterocycles. The highest BCUT2D eigenvalue weighted by molar-refractivity contribution is 5.94. The van der Waals surface area contributed by atoms with Crippen molar-refractivity contribution in [1.29, 1.82) is 0 Å². The van der Waals surface area contributed by atoms with Crippen molar-refractivity contribution in [1.82, 2.24) is 19.7 Å². The van der Waals surface area contributed by atoms with Crippen LogP contribution in [0.4, 0.5) is 0 Å². The van der Waals surface area contributed by atoms with Crippen molar-refractivity contribution in [3.8, 4) is 22.8 Å². The van der Waals surface area contributed by atoms with E-state index in [0.717, 1.165) is 50.5 Å². The van der Waals surface area contributed by atoms with Gasteiger partial charge in [0.1, 0.15) is 17.2 Å². The minimum absolute atomic E-state index is 0.0278. The van der Waals surface area contributed by atoms with Crippen LogP contribution in [0.3, 0.4) is 0 Å². The highest BCUT2D eigenvalue weighted by Gasteiger charge is 2.21. The summed E-state index contributed by atoms with van der Waals surface area (Å²) in [7, 11) is 2.01. The van der Waals surface area contributed by atoms with E-state index in [0.29, 0.717) is 49.8 Å². The SMILES string of the molecule is CCOCCN(C)CCNC(=O)c1ccc(-c2cc(C(C)C)c(O)cc2O)n1Cc1ccc(CN2CCOCC2)cc1. The number of phenols is 2. The summed E-state index contributed by atoms with van der Waals surface area (Å²) in [5, 5.41) is 24.4. The molecule has 0 atom stereocenters. The third-order valence-corrected chi connectivity index (χ3v) is 7.73. The standard InChI is InChI=1S/C33H46N4O5/c1-5-41-17-14-35(4)13-12-34-33(40)30-11-10-29(28-20-27(24(2)3)31(38)21-32(28)39)37(30)23-26-8-6-25(7-9-26)22-36-15-18-42-19-16-36/h6-11,20-21,24,38-39H,5,12-19,22-23H2,1-4H3,(H,34,40). The van der Waals surface area contributed by atoms with Crippen LogP contribution >= 0.6 is 0 Å². The number of aromatic hydroxyl groups is 2. The number of benzene rings is 2. The maximum absolute atomic E-state index is 13.4. The highest BCUT2D eigenvalue weighted by atomic mass is 16.5. The lowest BCUT2D eigenvalue weighted by Gasteiger charge is -2.26. The quantitative estimate of drug-likeness (QED) is 0.246. The Morgan fingerprint density at radius 1 is 1.00 bits per heavy atom. The van der Waals surface area contributed by atoms with E-state index in [1.54, 1.807) is 6.07 Å². The summed E-state index contributed by atoms with van der Waals surface area (Å²) in [6, 6.07) is 15.4. The average molecular weight is 579 g/mol. The van der Waals surface area contributed by atoms with Gasteiger partial charge in [-0.3, -0.25) is 9.69 Å². The van der Waals surface area contributed by atoms with Crippen LogP contribution in [0.15, 0.2) is 48.5 Å². The third kappa shape index (κ3) is 8.35. The molecule has 228 valence electrons. The van der Waals surface area contributed by atoms with E-state index in [1.165, 1.54) is 11.6 Å². The molecule has 0 radical (unpaired) electrons. The van der Waals surface area contributed by atoms with E-state index in [4.69, 9.17) is 9.47 Å². The number of carbonyl (C=O) groups is 1. The van der Waals surface area contributed by atoms with Crippen LogP contribution in [-0.4, -0.2) is 96.7 Å². The van der Waals surface area contributed by atoms with Gasteiger partial charge in [0.15, 0.2) is 0 Å². The van der Waals surface area contributed by atoms with Gasteiger partial charge >= 0.3 is 0 Å². The monoisotopic (exact) mass is 578 g/mol. The Morgan fingerprint density at radius 2 is 1.69 bits per heavy atom. The lowest BCUT2D eigenvalue weighted by Crippen LogP contribution is -2.35. The molecule has 2 heterocycles. The molecule has 4 rings (SSSR count). The van der Waals surface area contributed by atoms with Crippen LogP contribution < -0.4 is 5.32 Å². The van der Waals surface area contributed by atoms with Crippen molar-refractivity contribution in [2.45, 2.75) is 39.8 Å². The molecule has 2 aromatic carbocycles. The second kappa shape index (κ2) is 15.2. The van der Waals surface area contributed by atoms with Crippen molar-refractivity contribution in [2.75, 3.05) is 66.2 Å². The smallest absolute Gasteiger partial charge is 0.267 e. The number of nitrogens with zero attached hydrogens (tertiary/aromatic N) is 3. The number of carbonyl (C=O) groups excluding carboxylic acids is 1. The number of aromatic nitrogens is 1. The summed E-state index contributed by atoms with van der Waals surface area (Å²) in [6.45, 7) is 14.1. The average Bonchev–Trinajstić information content (AvgIpc) is 3.37. The Kier molecular flexibility index (Phi) is 11.4. The first-order valence-corrected chi connectivity index (χ1v) is 14.9. The third-order valence-electron chi connectivity index (χ3n) is 7.73. The van der Waals surface area contributed by atoms with Crippen molar-refractivity contribution < 1.29 is 24.5 Å². The van der Waals surface area contributed by atoms with Gasteiger partial charge in [-0.25, -0.2) is 0 Å². The second-order valence-corrected chi connectivity index (χ2v) is 11.2. The van der Waals surface area contributed by atoms with E-state index >= 15 is 0 Å². The Hall–Kier alpha value is -3.37. The normalized spacial score (nSPS) is 14.1. The van der Waals surface area contributed by atoms with Crippen molar-refractivity contribution in [3.05, 3.63) is 70.9 Å². The van der Waals surface area contributed by atoms with Crippen molar-refractivity contribution in [3.63, 3.8) is 0 Å². The fourth-order valence-electron chi connectivity index (χ4n) is 5.21. The predicted octanol–water partition coefficient (Wildman–Crippen LogP) is 4.27. The van der Waals surface area contributed by atoms with Crippen molar-refractivity contribution >= 4 is 5.91 Å². The number of ether oxygens (including phenoxy) is 2. The van der Waals surface area contributed by atoms with Gasteiger partial charge in [-0.15, -0.1) is 0 Å². The Balaban J connectivity index is 1.57. The summed E-state index contributed by atoms with van der Waals surface area (Å²) in [4.78, 5) is 18.0. The van der Waals surface area contributed by atoms with E-state index < -0.39 is 0 Å². The molecular weight excluding hydrogens is 532 g/mol. The van der Waals surface area contributed by atoms with Gasteiger partial charge in [-0.05, 0) is 54.8 Å². The molecular formula is C33H46N4O5. The maximum Gasteiger partial charge on any atom is 0.267 e. The summed E-state index contributed by atoms with van der Waals surface area (Å²) in [5.74, 6) is -0.0772. The van der Waals surface area contributed by atoms with Crippen LogP contribution in [0.5, 0.6) is 11.5 Å². The number of nitrogens with one attached hydrogen (secondary N) is 1. The van der Waals surface area contributed by atoms with Gasteiger partial charge in [-0.2, -0.15) is 0 Å². The van der Waals surface area contributed by atoms with Crippen LogP contribution in [0.25, 0.3) is 11.3 Å². The topological polar surface area (TPSA) is 99.4 Å². The minimum Gasteiger partial charge on any atom is -0.508 e. The summed E-state index contributed by atoms with van der Waals surface area (Å²) in [5.41, 5.74) is 4.82. The van der Waals surface area contributed by atoms with Crippen LogP contribution in [0.2, 0.25) is 0 Å². The highest BCUT2D eigenvalue weighted by Crippen LogP contribution is 2.38. The fourth-order valence-corrected chi connectivity index (χ4v) is 5.21. The molecule has 1 aliphatic heterocycles. The zero-order valence-electron chi connectivity index (χ0n) is 25.4.